The zero-order valence-electron chi connectivity index (χ0n) is 7.00. The molecule has 0 spiro atoms. The Morgan fingerprint density at radius 1 is 1.00 bits per heavy atom. The standard InChI is InChI=1S/C11H9IO/c12-11-6-2-4-9-8(7-13)3-1-5-10(9)11/h1-6,13H,7H2. The zero-order valence-corrected chi connectivity index (χ0v) is 9.15. The average molecular weight is 284 g/mol. The van der Waals surface area contributed by atoms with Crippen LogP contribution in [0, 0.1) is 3.57 Å². The Morgan fingerprint density at radius 2 is 1.69 bits per heavy atom. The number of aliphatic hydroxyl groups is 1. The predicted molar refractivity (Wildman–Crippen MR) is 62.6 cm³/mol. The van der Waals surface area contributed by atoms with Gasteiger partial charge in [-0.25, -0.2) is 0 Å². The van der Waals surface area contributed by atoms with Crippen molar-refractivity contribution in [2.45, 2.75) is 6.61 Å². The van der Waals surface area contributed by atoms with E-state index in [4.69, 9.17) is 5.11 Å². The summed E-state index contributed by atoms with van der Waals surface area (Å²) in [5, 5.41) is 11.5. The van der Waals surface area contributed by atoms with Gasteiger partial charge in [0.15, 0.2) is 0 Å². The number of fused-ring (bicyclic) bond motifs is 1. The topological polar surface area (TPSA) is 20.2 Å². The predicted octanol–water partition coefficient (Wildman–Crippen LogP) is 2.94. The van der Waals surface area contributed by atoms with Gasteiger partial charge in [-0.3, -0.25) is 0 Å². The van der Waals surface area contributed by atoms with E-state index in [1.54, 1.807) is 0 Å². The summed E-state index contributed by atoms with van der Waals surface area (Å²) in [6.07, 6.45) is 0. The highest BCUT2D eigenvalue weighted by Crippen LogP contribution is 2.23. The lowest BCUT2D eigenvalue weighted by Gasteiger charge is -2.04. The maximum Gasteiger partial charge on any atom is 0.0687 e. The van der Waals surface area contributed by atoms with Crippen LogP contribution in [0.2, 0.25) is 0 Å². The van der Waals surface area contributed by atoms with E-state index >= 15 is 0 Å². The van der Waals surface area contributed by atoms with Crippen LogP contribution in [0.4, 0.5) is 0 Å². The second-order valence-corrected chi connectivity index (χ2v) is 4.07. The zero-order chi connectivity index (χ0) is 9.26. The fourth-order valence-corrected chi connectivity index (χ4v) is 2.15. The summed E-state index contributed by atoms with van der Waals surface area (Å²) < 4.78 is 1.23. The molecule has 0 fully saturated rings. The maximum atomic E-state index is 9.12. The van der Waals surface area contributed by atoms with Gasteiger partial charge in [0.05, 0.1) is 6.61 Å². The molecule has 2 rings (SSSR count). The van der Waals surface area contributed by atoms with Crippen molar-refractivity contribution in [3.8, 4) is 0 Å². The lowest BCUT2D eigenvalue weighted by Crippen LogP contribution is -1.86. The quantitative estimate of drug-likeness (QED) is 0.798. The van der Waals surface area contributed by atoms with Crippen LogP contribution < -0.4 is 0 Å². The Balaban J connectivity index is 2.84. The molecule has 1 nitrogen and oxygen atoms in total. The minimum Gasteiger partial charge on any atom is -0.392 e. The summed E-state index contributed by atoms with van der Waals surface area (Å²) in [6, 6.07) is 12.2. The third-order valence-corrected chi connectivity index (χ3v) is 3.07. The number of benzene rings is 2. The van der Waals surface area contributed by atoms with Crippen LogP contribution in [0.3, 0.4) is 0 Å². The molecule has 0 saturated heterocycles. The van der Waals surface area contributed by atoms with E-state index in [-0.39, 0.29) is 6.61 Å². The highest BCUT2D eigenvalue weighted by molar-refractivity contribution is 14.1. The Bertz CT molecular complexity index is 437. The van der Waals surface area contributed by atoms with Gasteiger partial charge in [-0.15, -0.1) is 0 Å². The number of halogens is 1. The monoisotopic (exact) mass is 284 g/mol. The fourth-order valence-electron chi connectivity index (χ4n) is 1.47. The largest absolute Gasteiger partial charge is 0.392 e. The van der Waals surface area contributed by atoms with Crippen LogP contribution in [0.15, 0.2) is 36.4 Å². The van der Waals surface area contributed by atoms with Gasteiger partial charge in [-0.2, -0.15) is 0 Å². The highest BCUT2D eigenvalue weighted by Gasteiger charge is 2.00. The molecule has 1 N–H and O–H groups in total. The molecule has 2 heteroatoms. The molecular weight excluding hydrogens is 275 g/mol. The van der Waals surface area contributed by atoms with Crippen LogP contribution in [0.25, 0.3) is 10.8 Å². The second kappa shape index (κ2) is 3.64. The van der Waals surface area contributed by atoms with Crippen molar-refractivity contribution < 1.29 is 5.11 Å². The van der Waals surface area contributed by atoms with Crippen LogP contribution >= 0.6 is 22.6 Å². The Kier molecular flexibility index (Phi) is 2.51. The van der Waals surface area contributed by atoms with Crippen LogP contribution in [0.5, 0.6) is 0 Å². The molecule has 13 heavy (non-hydrogen) atoms. The first kappa shape index (κ1) is 8.97. The van der Waals surface area contributed by atoms with E-state index < -0.39 is 0 Å². The van der Waals surface area contributed by atoms with Gasteiger partial charge in [0.25, 0.3) is 0 Å². The van der Waals surface area contributed by atoms with E-state index in [2.05, 4.69) is 34.7 Å². The van der Waals surface area contributed by atoms with Crippen LogP contribution in [-0.2, 0) is 6.61 Å². The molecule has 0 aliphatic heterocycles. The SMILES string of the molecule is OCc1cccc2c(I)cccc12. The molecule has 0 heterocycles. The minimum atomic E-state index is 0.109. The van der Waals surface area contributed by atoms with Crippen LogP contribution in [0.1, 0.15) is 5.56 Å². The molecule has 0 unspecified atom stereocenters. The molecule has 0 radical (unpaired) electrons. The van der Waals surface area contributed by atoms with Gasteiger partial charge >= 0.3 is 0 Å². The lowest BCUT2D eigenvalue weighted by atomic mass is 10.1. The maximum absolute atomic E-state index is 9.12. The highest BCUT2D eigenvalue weighted by atomic mass is 127. The molecule has 2 aromatic carbocycles. The third kappa shape index (κ3) is 1.56. The van der Waals surface area contributed by atoms with Gasteiger partial charge in [0.1, 0.15) is 0 Å². The summed E-state index contributed by atoms with van der Waals surface area (Å²) in [5.41, 5.74) is 0.996. The number of hydrogen-bond donors (Lipinski definition) is 1. The van der Waals surface area contributed by atoms with E-state index in [1.807, 2.05) is 24.3 Å². The first-order chi connectivity index (χ1) is 6.33. The first-order valence-electron chi connectivity index (χ1n) is 4.10. The normalized spacial score (nSPS) is 10.6. The van der Waals surface area contributed by atoms with Crippen LogP contribution in [-0.4, -0.2) is 5.11 Å². The van der Waals surface area contributed by atoms with Crippen molar-refractivity contribution in [2.75, 3.05) is 0 Å². The molecule has 0 atom stereocenters. The molecule has 0 aromatic heterocycles. The smallest absolute Gasteiger partial charge is 0.0687 e. The molecular formula is C11H9IO. The Labute approximate surface area is 90.5 Å². The third-order valence-electron chi connectivity index (χ3n) is 2.13. The number of hydrogen-bond acceptors (Lipinski definition) is 1. The number of rotatable bonds is 1. The Hall–Kier alpha value is -0.610. The molecule has 0 saturated carbocycles. The first-order valence-corrected chi connectivity index (χ1v) is 5.18. The number of aliphatic hydroxyl groups excluding tert-OH is 1. The summed E-state index contributed by atoms with van der Waals surface area (Å²) in [6.45, 7) is 0.109. The van der Waals surface area contributed by atoms with Crippen molar-refractivity contribution in [1.82, 2.24) is 0 Å². The summed E-state index contributed by atoms with van der Waals surface area (Å²) >= 11 is 2.31. The van der Waals surface area contributed by atoms with Crippen molar-refractivity contribution in [3.05, 3.63) is 45.5 Å². The van der Waals surface area contributed by atoms with E-state index in [0.29, 0.717) is 0 Å². The summed E-state index contributed by atoms with van der Waals surface area (Å²) in [4.78, 5) is 0. The van der Waals surface area contributed by atoms with E-state index in [1.165, 1.54) is 8.96 Å². The molecule has 0 aliphatic rings. The van der Waals surface area contributed by atoms with Gasteiger partial charge < -0.3 is 5.11 Å². The molecule has 2 aromatic rings. The van der Waals surface area contributed by atoms with Crippen molar-refractivity contribution in [3.63, 3.8) is 0 Å². The van der Waals surface area contributed by atoms with Crippen molar-refractivity contribution >= 4 is 33.4 Å². The fraction of sp³-hybridized carbons (Fsp3) is 0.0909. The summed E-state index contributed by atoms with van der Waals surface area (Å²) in [5.74, 6) is 0. The molecule has 0 amide bonds. The lowest BCUT2D eigenvalue weighted by molar-refractivity contribution is 0.283. The molecule has 0 bridgehead atoms. The van der Waals surface area contributed by atoms with Gasteiger partial charge in [0.2, 0.25) is 0 Å². The van der Waals surface area contributed by atoms with Crippen molar-refractivity contribution in [2.24, 2.45) is 0 Å². The second-order valence-electron chi connectivity index (χ2n) is 2.91. The summed E-state index contributed by atoms with van der Waals surface area (Å²) in [7, 11) is 0. The van der Waals surface area contributed by atoms with E-state index in [9.17, 15) is 0 Å². The average Bonchev–Trinajstić information content (AvgIpc) is 2.18. The van der Waals surface area contributed by atoms with Gasteiger partial charge in [-0.05, 0) is 45.0 Å². The van der Waals surface area contributed by atoms with E-state index in [0.717, 1.165) is 10.9 Å². The van der Waals surface area contributed by atoms with Gasteiger partial charge in [-0.1, -0.05) is 30.3 Å². The molecule has 66 valence electrons. The Morgan fingerprint density at radius 3 is 2.46 bits per heavy atom. The minimum absolute atomic E-state index is 0.109. The van der Waals surface area contributed by atoms with Crippen molar-refractivity contribution in [1.29, 1.82) is 0 Å². The molecule has 0 aliphatic carbocycles. The van der Waals surface area contributed by atoms with Gasteiger partial charge in [0, 0.05) is 3.57 Å².